The molecule has 0 heterocycles. The maximum Gasteiger partial charge on any atom is 1.00 e. The van der Waals surface area contributed by atoms with Gasteiger partial charge >= 0.3 is 57.4 Å². The number of carboxylic acid groups (broad SMARTS) is 1. The number of aryl methyl sites for hydroxylation is 1. The number of carbonyl (C=O) groups is 1. The van der Waals surface area contributed by atoms with Crippen LogP contribution < -0.4 is 51.4 Å². The summed E-state index contributed by atoms with van der Waals surface area (Å²) >= 11 is 0. The van der Waals surface area contributed by atoms with Crippen LogP contribution in [0.15, 0.2) is 30.3 Å². The van der Waals surface area contributed by atoms with E-state index in [9.17, 15) is 4.79 Å². The molecule has 1 aromatic carbocycles. The number of allylic oxidation sites excluding steroid dienone is 1. The first-order valence-electron chi connectivity index (χ1n) is 4.05. The van der Waals surface area contributed by atoms with Gasteiger partial charge in [-0.2, -0.15) is 5.26 Å². The van der Waals surface area contributed by atoms with Crippen molar-refractivity contribution in [2.75, 3.05) is 0 Å². The van der Waals surface area contributed by atoms with Crippen molar-refractivity contribution in [3.05, 3.63) is 41.5 Å². The molecule has 0 fully saturated rings. The Labute approximate surface area is 132 Å². The quantitative estimate of drug-likeness (QED) is 0.405. The summed E-state index contributed by atoms with van der Waals surface area (Å²) in [7, 11) is 0. The molecule has 0 unspecified atom stereocenters. The first kappa shape index (κ1) is 14.6. The summed E-state index contributed by atoms with van der Waals surface area (Å²) in [5, 5.41) is 17.2. The third-order valence-corrected chi connectivity index (χ3v) is 1.75. The molecule has 0 bridgehead atoms. The van der Waals surface area contributed by atoms with Gasteiger partial charge in [0.05, 0.1) is 5.57 Å². The number of carboxylic acids is 1. The molecule has 0 aliphatic rings. The Morgan fingerprint density at radius 2 is 2.00 bits per heavy atom. The van der Waals surface area contributed by atoms with Crippen LogP contribution in [-0.4, -0.2) is 11.1 Å². The maximum absolute atomic E-state index is 10.4. The number of aliphatic carboxylic acids is 1. The van der Waals surface area contributed by atoms with Crippen LogP contribution in [0.2, 0.25) is 0 Å². The van der Waals surface area contributed by atoms with Crippen molar-refractivity contribution in [3.8, 4) is 6.07 Å². The second kappa shape index (κ2) is 6.93. The van der Waals surface area contributed by atoms with E-state index >= 15 is 0 Å². The molecule has 0 atom stereocenters. The summed E-state index contributed by atoms with van der Waals surface area (Å²) in [6.07, 6.45) is 0.907. The van der Waals surface area contributed by atoms with Gasteiger partial charge in [0, 0.05) is 6.08 Å². The molecule has 4 heteroatoms. The van der Waals surface area contributed by atoms with Gasteiger partial charge < -0.3 is 6.53 Å². The van der Waals surface area contributed by atoms with Gasteiger partial charge in [-0.3, -0.25) is 0 Å². The van der Waals surface area contributed by atoms with E-state index in [1.54, 1.807) is 12.1 Å². The molecule has 3 nitrogen and oxygen atoms in total. The Morgan fingerprint density at radius 3 is 2.40 bits per heavy atom. The molecule has 0 amide bonds. The molecule has 72 valence electrons. The first-order chi connectivity index (χ1) is 6.63. The molecule has 1 N–H and O–H groups in total. The molecule has 0 saturated carbocycles. The Balaban J connectivity index is 0. The average Bonchev–Trinajstić information content (AvgIpc) is 2.15. The fraction of sp³-hybridized carbons (Fsp3) is 0.0909. The van der Waals surface area contributed by atoms with Gasteiger partial charge in [-0.25, -0.2) is 4.79 Å². The fourth-order valence-corrected chi connectivity index (χ4v) is 1.04. The van der Waals surface area contributed by atoms with Crippen LogP contribution in [0.1, 0.15) is 12.6 Å². The largest absolute Gasteiger partial charge is 1.00 e. The van der Waals surface area contributed by atoms with Crippen molar-refractivity contribution in [2.45, 2.75) is 6.92 Å². The zero-order chi connectivity index (χ0) is 10.6. The standard InChI is InChI=1S/C11H9NO2.K.H/c1-8-2-4-9(5-3-8)10(7-12)6-11(13)14;;/h2-6H,1H3,(H,13,14);;/q;+1;-1/b10-6+;;. The maximum atomic E-state index is 10.4. The summed E-state index contributed by atoms with van der Waals surface area (Å²) in [5.74, 6) is -1.11. The van der Waals surface area contributed by atoms with Gasteiger partial charge in [0.15, 0.2) is 0 Å². The predicted octanol–water partition coefficient (Wildman–Crippen LogP) is -0.897. The zero-order valence-electron chi connectivity index (χ0n) is 9.69. The molecule has 0 aliphatic heterocycles. The number of hydrogen-bond donors (Lipinski definition) is 1. The third kappa shape index (κ3) is 4.73. The first-order valence-corrected chi connectivity index (χ1v) is 4.05. The number of rotatable bonds is 2. The van der Waals surface area contributed by atoms with Crippen LogP contribution >= 0.6 is 0 Å². The van der Waals surface area contributed by atoms with Gasteiger partial charge in [0.1, 0.15) is 6.07 Å². The van der Waals surface area contributed by atoms with Crippen molar-refractivity contribution >= 4 is 11.5 Å². The minimum atomic E-state index is -1.11. The van der Waals surface area contributed by atoms with Crippen LogP contribution in [0.3, 0.4) is 0 Å². The van der Waals surface area contributed by atoms with Gasteiger partial charge in [-0.1, -0.05) is 29.8 Å². The molecule has 0 aliphatic carbocycles. The Hall–Kier alpha value is -0.444. The second-order valence-electron chi connectivity index (χ2n) is 2.87. The van der Waals surface area contributed by atoms with Crippen LogP contribution in [0.25, 0.3) is 5.57 Å². The Morgan fingerprint density at radius 1 is 1.47 bits per heavy atom. The van der Waals surface area contributed by atoms with Crippen molar-refractivity contribution in [3.63, 3.8) is 0 Å². The minimum Gasteiger partial charge on any atom is -1.00 e. The molecule has 15 heavy (non-hydrogen) atoms. The fourth-order valence-electron chi connectivity index (χ4n) is 1.04. The van der Waals surface area contributed by atoms with Gasteiger partial charge in [-0.15, -0.1) is 0 Å². The molecular weight excluding hydrogens is 217 g/mol. The Kier molecular flexibility index (Phi) is 6.73. The van der Waals surface area contributed by atoms with Crippen molar-refractivity contribution in [1.29, 1.82) is 5.26 Å². The SMILES string of the molecule is Cc1ccc(/C(C#N)=C/C(=O)O)cc1.[H-].[K+]. The molecule has 0 radical (unpaired) electrons. The third-order valence-electron chi connectivity index (χ3n) is 1.75. The molecule has 0 saturated heterocycles. The Bertz CT molecular complexity index is 421. The van der Waals surface area contributed by atoms with E-state index in [1.807, 2.05) is 25.1 Å². The number of nitrogens with zero attached hydrogens (tertiary/aromatic N) is 1. The van der Waals surface area contributed by atoms with Crippen LogP contribution in [0.5, 0.6) is 0 Å². The molecule has 1 aromatic rings. The van der Waals surface area contributed by atoms with E-state index in [0.717, 1.165) is 11.6 Å². The molecular formula is C11H10KNO2. The van der Waals surface area contributed by atoms with Crippen LogP contribution in [-0.2, 0) is 4.79 Å². The van der Waals surface area contributed by atoms with E-state index in [1.165, 1.54) is 0 Å². The summed E-state index contributed by atoms with van der Waals surface area (Å²) < 4.78 is 0. The number of nitriles is 1. The second-order valence-corrected chi connectivity index (χ2v) is 2.87. The average molecular weight is 227 g/mol. The minimum absolute atomic E-state index is 0. The summed E-state index contributed by atoms with van der Waals surface area (Å²) in [5.41, 5.74) is 1.86. The van der Waals surface area contributed by atoms with Crippen LogP contribution in [0.4, 0.5) is 0 Å². The molecule has 0 aromatic heterocycles. The monoisotopic (exact) mass is 227 g/mol. The van der Waals surface area contributed by atoms with E-state index in [4.69, 9.17) is 10.4 Å². The van der Waals surface area contributed by atoms with Crippen molar-refractivity contribution in [2.24, 2.45) is 0 Å². The topological polar surface area (TPSA) is 61.1 Å². The van der Waals surface area contributed by atoms with E-state index in [2.05, 4.69) is 0 Å². The van der Waals surface area contributed by atoms with E-state index < -0.39 is 5.97 Å². The number of hydrogen-bond acceptors (Lipinski definition) is 2. The predicted molar refractivity (Wildman–Crippen MR) is 53.5 cm³/mol. The van der Waals surface area contributed by atoms with Gasteiger partial charge in [0.25, 0.3) is 0 Å². The smallest absolute Gasteiger partial charge is 1.00 e. The van der Waals surface area contributed by atoms with E-state index in [-0.39, 0.29) is 58.4 Å². The van der Waals surface area contributed by atoms with Crippen LogP contribution in [0, 0.1) is 18.3 Å². The van der Waals surface area contributed by atoms with E-state index in [0.29, 0.717) is 5.56 Å². The molecule has 1 rings (SSSR count). The van der Waals surface area contributed by atoms with Gasteiger partial charge in [-0.05, 0) is 12.5 Å². The van der Waals surface area contributed by atoms with Crippen molar-refractivity contribution in [1.82, 2.24) is 0 Å². The summed E-state index contributed by atoms with van der Waals surface area (Å²) in [6, 6.07) is 8.98. The summed E-state index contributed by atoms with van der Waals surface area (Å²) in [4.78, 5) is 10.4. The normalized spacial score (nSPS) is 10.0. The molecule has 0 spiro atoms. The number of benzene rings is 1. The zero-order valence-corrected chi connectivity index (χ0v) is 11.8. The summed E-state index contributed by atoms with van der Waals surface area (Å²) in [6.45, 7) is 1.93. The van der Waals surface area contributed by atoms with Gasteiger partial charge in [0.2, 0.25) is 0 Å². The van der Waals surface area contributed by atoms with Crippen molar-refractivity contribution < 1.29 is 62.7 Å².